The summed E-state index contributed by atoms with van der Waals surface area (Å²) in [5, 5.41) is 19.2. The maximum Gasteiger partial charge on any atom is 0.323 e. The zero-order valence-corrected chi connectivity index (χ0v) is 28.7. The Morgan fingerprint density at radius 3 is 2.08 bits per heavy atom. The molecule has 1 saturated heterocycles. The maximum atomic E-state index is 13.3. The minimum Gasteiger partial charge on any atom is -0.378 e. The van der Waals surface area contributed by atoms with Crippen LogP contribution in [0.4, 0.5) is 9.93 Å². The normalized spacial score (nSPS) is 13.2. The van der Waals surface area contributed by atoms with Gasteiger partial charge in [-0.3, -0.25) is 5.32 Å². The van der Waals surface area contributed by atoms with Gasteiger partial charge in [0, 0.05) is 35.3 Å². The number of rotatable bonds is 7. The molecule has 4 aromatic carbocycles. The highest BCUT2D eigenvalue weighted by atomic mass is 32.1. The molecule has 0 atom stereocenters. The van der Waals surface area contributed by atoms with Crippen LogP contribution < -0.4 is 5.32 Å². The molecule has 4 heterocycles. The highest BCUT2D eigenvalue weighted by Crippen LogP contribution is 2.46. The molecular weight excluding hydrogens is 655 g/mol. The number of nitrogens with zero attached hydrogens (tertiary/aromatic N) is 6. The Labute approximate surface area is 299 Å². The summed E-state index contributed by atoms with van der Waals surface area (Å²) in [5.41, 5.74) is 6.59. The second-order valence-corrected chi connectivity index (χ2v) is 13.3. The van der Waals surface area contributed by atoms with Crippen LogP contribution in [-0.2, 0) is 10.3 Å². The number of carbonyl (C=O) groups excluding carboxylic acids is 1. The molecular formula is C41H33N7O2S. The number of pyridine rings is 1. The molecule has 250 valence electrons. The largest absolute Gasteiger partial charge is 0.378 e. The molecule has 0 unspecified atom stereocenters. The van der Waals surface area contributed by atoms with Crippen molar-refractivity contribution in [1.29, 1.82) is 5.26 Å². The number of ether oxygens (including phenoxy) is 1. The molecule has 1 fully saturated rings. The van der Waals surface area contributed by atoms with Crippen LogP contribution in [0.1, 0.15) is 27.9 Å². The van der Waals surface area contributed by atoms with Gasteiger partial charge in [-0.15, -0.1) is 0 Å². The minimum atomic E-state index is -0.863. The SMILES string of the molecule is Cc1cc(-c2sc(NC(=O)N3CCOCC3)nc2-c2cccc(C#N)c2)c2cnn(C(c3ccccc3)(c3ccccc3)c3ccccc3)c2n1. The van der Waals surface area contributed by atoms with E-state index in [9.17, 15) is 10.1 Å². The van der Waals surface area contributed by atoms with Crippen LogP contribution in [0.2, 0.25) is 0 Å². The molecule has 0 aliphatic carbocycles. The van der Waals surface area contributed by atoms with Crippen molar-refractivity contribution in [2.75, 3.05) is 31.6 Å². The Morgan fingerprint density at radius 2 is 1.47 bits per heavy atom. The highest BCUT2D eigenvalue weighted by molar-refractivity contribution is 7.19. The van der Waals surface area contributed by atoms with Crippen molar-refractivity contribution >= 4 is 33.5 Å². The third-order valence-corrected chi connectivity index (χ3v) is 10.2. The van der Waals surface area contributed by atoms with Gasteiger partial charge in [-0.25, -0.2) is 19.4 Å². The second kappa shape index (κ2) is 13.6. The first-order chi connectivity index (χ1) is 25.1. The number of anilines is 1. The molecule has 2 amide bonds. The van der Waals surface area contributed by atoms with E-state index in [-0.39, 0.29) is 6.03 Å². The Balaban J connectivity index is 1.37. The van der Waals surface area contributed by atoms with Gasteiger partial charge >= 0.3 is 6.03 Å². The van der Waals surface area contributed by atoms with Crippen molar-refractivity contribution in [3.63, 3.8) is 0 Å². The average Bonchev–Trinajstić information content (AvgIpc) is 3.81. The summed E-state index contributed by atoms with van der Waals surface area (Å²) in [6, 6.07) is 42.6. The van der Waals surface area contributed by atoms with Crippen LogP contribution in [-0.4, -0.2) is 57.0 Å². The van der Waals surface area contributed by atoms with E-state index in [0.717, 1.165) is 43.8 Å². The van der Waals surface area contributed by atoms with E-state index in [2.05, 4.69) is 84.2 Å². The zero-order chi connectivity index (χ0) is 34.8. The van der Waals surface area contributed by atoms with Gasteiger partial charge in [0.1, 0.15) is 5.54 Å². The number of nitrogens with one attached hydrogen (secondary N) is 1. The number of urea groups is 1. The molecule has 1 aliphatic rings. The molecule has 9 nitrogen and oxygen atoms in total. The lowest BCUT2D eigenvalue weighted by Crippen LogP contribution is -2.43. The molecule has 1 N–H and O–H groups in total. The van der Waals surface area contributed by atoms with Crippen LogP contribution in [0.3, 0.4) is 0 Å². The van der Waals surface area contributed by atoms with Crippen molar-refractivity contribution in [3.05, 3.63) is 155 Å². The number of carbonyl (C=O) groups is 1. The summed E-state index contributed by atoms with van der Waals surface area (Å²) in [6.45, 7) is 4.00. The molecule has 7 aromatic rings. The van der Waals surface area contributed by atoms with Crippen LogP contribution in [0.25, 0.3) is 32.7 Å². The molecule has 8 rings (SSSR count). The van der Waals surface area contributed by atoms with Gasteiger partial charge in [0.2, 0.25) is 0 Å². The Morgan fingerprint density at radius 1 is 0.843 bits per heavy atom. The van der Waals surface area contributed by atoms with E-state index < -0.39 is 5.54 Å². The Kier molecular flexibility index (Phi) is 8.57. The smallest absolute Gasteiger partial charge is 0.323 e. The van der Waals surface area contributed by atoms with E-state index in [0.29, 0.717) is 48.3 Å². The van der Waals surface area contributed by atoms with E-state index in [1.54, 1.807) is 11.0 Å². The van der Waals surface area contributed by atoms with Gasteiger partial charge in [0.25, 0.3) is 0 Å². The number of aryl methyl sites for hydroxylation is 1. The Hall–Kier alpha value is -6.15. The molecule has 51 heavy (non-hydrogen) atoms. The number of hydrogen-bond donors (Lipinski definition) is 1. The van der Waals surface area contributed by atoms with Gasteiger partial charge in [-0.05, 0) is 41.8 Å². The molecule has 0 spiro atoms. The summed E-state index contributed by atoms with van der Waals surface area (Å²) >= 11 is 1.39. The van der Waals surface area contributed by atoms with Crippen molar-refractivity contribution in [3.8, 4) is 27.8 Å². The molecule has 10 heteroatoms. The second-order valence-electron chi connectivity index (χ2n) is 12.3. The van der Waals surface area contributed by atoms with Gasteiger partial charge in [0.05, 0.1) is 41.6 Å². The van der Waals surface area contributed by atoms with Crippen LogP contribution in [0.5, 0.6) is 0 Å². The third-order valence-electron chi connectivity index (χ3n) is 9.21. The summed E-state index contributed by atoms with van der Waals surface area (Å²) in [6.07, 6.45) is 1.88. The van der Waals surface area contributed by atoms with Gasteiger partial charge < -0.3 is 9.64 Å². The Bertz CT molecular complexity index is 2280. The number of thiazole rings is 1. The van der Waals surface area contributed by atoms with Gasteiger partial charge in [0.15, 0.2) is 10.8 Å². The van der Waals surface area contributed by atoms with Crippen molar-refractivity contribution in [1.82, 2.24) is 24.6 Å². The van der Waals surface area contributed by atoms with Crippen LogP contribution in [0.15, 0.2) is 128 Å². The maximum absolute atomic E-state index is 13.3. The number of morpholine rings is 1. The highest BCUT2D eigenvalue weighted by Gasteiger charge is 2.41. The number of nitriles is 1. The fraction of sp³-hybridized carbons (Fsp3) is 0.146. The fourth-order valence-corrected chi connectivity index (χ4v) is 7.90. The summed E-state index contributed by atoms with van der Waals surface area (Å²) < 4.78 is 7.49. The molecule has 0 bridgehead atoms. The quantitative estimate of drug-likeness (QED) is 0.170. The lowest BCUT2D eigenvalue weighted by Gasteiger charge is -2.36. The molecule has 3 aromatic heterocycles. The van der Waals surface area contributed by atoms with E-state index in [4.69, 9.17) is 19.8 Å². The minimum absolute atomic E-state index is 0.224. The van der Waals surface area contributed by atoms with E-state index in [1.807, 2.05) is 60.3 Å². The van der Waals surface area contributed by atoms with E-state index in [1.165, 1.54) is 11.3 Å². The number of hydrogen-bond acceptors (Lipinski definition) is 7. The average molecular weight is 688 g/mol. The van der Waals surface area contributed by atoms with Gasteiger partial charge in [-0.1, -0.05) is 114 Å². The lowest BCUT2D eigenvalue weighted by molar-refractivity contribution is 0.0564. The third kappa shape index (κ3) is 5.82. The first-order valence-corrected chi connectivity index (χ1v) is 17.6. The number of amides is 2. The number of fused-ring (bicyclic) bond motifs is 1. The first kappa shape index (κ1) is 32.1. The predicted molar refractivity (Wildman–Crippen MR) is 200 cm³/mol. The van der Waals surface area contributed by atoms with Crippen LogP contribution >= 0.6 is 11.3 Å². The predicted octanol–water partition coefficient (Wildman–Crippen LogP) is 8.11. The lowest BCUT2D eigenvalue weighted by atomic mass is 9.77. The fourth-order valence-electron chi connectivity index (χ4n) is 6.89. The summed E-state index contributed by atoms with van der Waals surface area (Å²) in [4.78, 5) is 26.0. The van der Waals surface area contributed by atoms with Crippen molar-refractivity contribution < 1.29 is 9.53 Å². The topological polar surface area (TPSA) is 109 Å². The van der Waals surface area contributed by atoms with Crippen LogP contribution in [0, 0.1) is 18.3 Å². The standard InChI is InChI=1S/C41H33N7O2S/c1-28-24-34(37-36(30-13-11-12-29(25-30)26-42)45-39(51-37)46-40(49)47-20-22-50-23-21-47)35-27-43-48(38(35)44-28)41(31-14-5-2-6-15-31,32-16-7-3-8-17-32)33-18-9-4-10-19-33/h2-19,24-25,27H,20-23H2,1H3,(H,45,46,49). The van der Waals surface area contributed by atoms with Crippen molar-refractivity contribution in [2.24, 2.45) is 0 Å². The van der Waals surface area contributed by atoms with Gasteiger partial charge in [-0.2, -0.15) is 10.4 Å². The first-order valence-electron chi connectivity index (χ1n) is 16.7. The molecule has 0 saturated carbocycles. The number of aromatic nitrogens is 4. The van der Waals surface area contributed by atoms with Crippen molar-refractivity contribution in [2.45, 2.75) is 12.5 Å². The monoisotopic (exact) mass is 687 g/mol. The molecule has 1 aliphatic heterocycles. The summed E-state index contributed by atoms with van der Waals surface area (Å²) in [7, 11) is 0. The zero-order valence-electron chi connectivity index (χ0n) is 27.9. The molecule has 0 radical (unpaired) electrons. The summed E-state index contributed by atoms with van der Waals surface area (Å²) in [5.74, 6) is 0. The number of benzene rings is 4. The van der Waals surface area contributed by atoms with E-state index >= 15 is 0 Å².